The van der Waals surface area contributed by atoms with Crippen LogP contribution in [0.2, 0.25) is 0 Å². The molecule has 1 unspecified atom stereocenters. The summed E-state index contributed by atoms with van der Waals surface area (Å²) in [5, 5.41) is 9.04. The molecular weight excluding hydrogens is 426 g/mol. The lowest BCUT2D eigenvalue weighted by molar-refractivity contribution is -0.140. The fraction of sp³-hybridized carbons (Fsp3) is 0.556. The van der Waals surface area contributed by atoms with E-state index < -0.39 is 0 Å². The predicted molar refractivity (Wildman–Crippen MR) is 131 cm³/mol. The fourth-order valence-corrected chi connectivity index (χ4v) is 5.64. The van der Waals surface area contributed by atoms with Crippen LogP contribution >= 0.6 is 0 Å². The highest BCUT2D eigenvalue weighted by Gasteiger charge is 2.34. The maximum Gasteiger partial charge on any atom is 0.246 e. The summed E-state index contributed by atoms with van der Waals surface area (Å²) in [7, 11) is 0. The third-order valence-electron chi connectivity index (χ3n) is 7.61. The first kappa shape index (κ1) is 22.8. The van der Waals surface area contributed by atoms with E-state index in [-0.39, 0.29) is 23.7 Å². The number of hydrogen-bond acceptors (Lipinski definition) is 4. The summed E-state index contributed by atoms with van der Waals surface area (Å²) in [5.74, 6) is 2.78. The molecule has 2 saturated heterocycles. The van der Waals surface area contributed by atoms with Gasteiger partial charge in [-0.15, -0.1) is 10.2 Å². The van der Waals surface area contributed by atoms with Crippen LogP contribution in [-0.4, -0.2) is 62.6 Å². The van der Waals surface area contributed by atoms with Gasteiger partial charge in [-0.1, -0.05) is 36.8 Å². The number of amides is 2. The molecule has 1 aromatic carbocycles. The maximum absolute atomic E-state index is 13.4. The molecule has 0 saturated carbocycles. The Kier molecular flexibility index (Phi) is 7.07. The number of piperidine rings is 2. The smallest absolute Gasteiger partial charge is 0.246 e. The summed E-state index contributed by atoms with van der Waals surface area (Å²) in [5.41, 5.74) is 1.02. The van der Waals surface area contributed by atoms with Crippen molar-refractivity contribution in [1.29, 1.82) is 0 Å². The van der Waals surface area contributed by atoms with Crippen LogP contribution in [0.3, 0.4) is 0 Å². The van der Waals surface area contributed by atoms with Crippen LogP contribution in [0.15, 0.2) is 36.4 Å². The first-order valence-corrected chi connectivity index (χ1v) is 12.9. The van der Waals surface area contributed by atoms with Crippen LogP contribution in [0.25, 0.3) is 6.08 Å². The highest BCUT2D eigenvalue weighted by atomic mass is 16.2. The first-order chi connectivity index (χ1) is 16.7. The number of aromatic nitrogens is 3. The summed E-state index contributed by atoms with van der Waals surface area (Å²) in [6.07, 6.45) is 11.7. The van der Waals surface area contributed by atoms with Crippen LogP contribution in [0.1, 0.15) is 68.1 Å². The van der Waals surface area contributed by atoms with Crippen molar-refractivity contribution in [2.75, 3.05) is 26.2 Å². The normalized spacial score (nSPS) is 21.9. The molecule has 0 bridgehead atoms. The van der Waals surface area contributed by atoms with E-state index in [1.807, 2.05) is 41.3 Å². The van der Waals surface area contributed by atoms with Gasteiger partial charge in [0.2, 0.25) is 11.8 Å². The zero-order chi connectivity index (χ0) is 23.3. The summed E-state index contributed by atoms with van der Waals surface area (Å²) in [6.45, 7) is 3.87. The topological polar surface area (TPSA) is 71.3 Å². The lowest BCUT2D eigenvalue weighted by atomic mass is 9.91. The summed E-state index contributed by atoms with van der Waals surface area (Å²) < 4.78 is 2.33. The number of fused-ring (bicyclic) bond motifs is 1. The molecule has 0 spiro atoms. The lowest BCUT2D eigenvalue weighted by Gasteiger charge is -2.37. The Balaban J connectivity index is 1.15. The highest BCUT2D eigenvalue weighted by molar-refractivity contribution is 5.92. The average molecular weight is 462 g/mol. The van der Waals surface area contributed by atoms with Gasteiger partial charge in [0.1, 0.15) is 11.6 Å². The Labute approximate surface area is 201 Å². The molecule has 2 amide bonds. The van der Waals surface area contributed by atoms with Crippen molar-refractivity contribution in [2.45, 2.75) is 63.8 Å². The minimum Gasteiger partial charge on any atom is -0.342 e. The number of benzene rings is 1. The van der Waals surface area contributed by atoms with E-state index in [2.05, 4.69) is 19.7 Å². The molecule has 1 aromatic heterocycles. The molecule has 4 heterocycles. The first-order valence-electron chi connectivity index (χ1n) is 12.9. The molecule has 7 heteroatoms. The Morgan fingerprint density at radius 2 is 1.68 bits per heavy atom. The molecule has 5 rings (SSSR count). The van der Waals surface area contributed by atoms with E-state index in [0.29, 0.717) is 13.1 Å². The van der Waals surface area contributed by atoms with Crippen molar-refractivity contribution in [3.05, 3.63) is 53.6 Å². The average Bonchev–Trinajstić information content (AvgIpc) is 3.15. The van der Waals surface area contributed by atoms with Crippen LogP contribution in [0.5, 0.6) is 0 Å². The molecular formula is C27H35N5O2. The number of likely N-dealkylation sites (tertiary alicyclic amines) is 2. The van der Waals surface area contributed by atoms with Gasteiger partial charge in [0.05, 0.1) is 0 Å². The van der Waals surface area contributed by atoms with E-state index in [1.54, 1.807) is 6.08 Å². The maximum atomic E-state index is 13.4. The minimum atomic E-state index is 0.0106. The van der Waals surface area contributed by atoms with Crippen molar-refractivity contribution < 1.29 is 9.59 Å². The molecule has 3 aliphatic rings. The third kappa shape index (κ3) is 5.08. The number of aryl methyl sites for hydroxylation is 1. The molecule has 1 atom stereocenters. The largest absolute Gasteiger partial charge is 0.342 e. The van der Waals surface area contributed by atoms with Gasteiger partial charge in [-0.2, -0.15) is 0 Å². The van der Waals surface area contributed by atoms with Gasteiger partial charge in [0.25, 0.3) is 0 Å². The van der Waals surface area contributed by atoms with Crippen LogP contribution < -0.4 is 0 Å². The van der Waals surface area contributed by atoms with E-state index >= 15 is 0 Å². The summed E-state index contributed by atoms with van der Waals surface area (Å²) in [4.78, 5) is 29.9. The van der Waals surface area contributed by atoms with Crippen molar-refractivity contribution in [1.82, 2.24) is 24.6 Å². The second-order valence-corrected chi connectivity index (χ2v) is 9.90. The number of nitrogens with zero attached hydrogens (tertiary/aromatic N) is 5. The van der Waals surface area contributed by atoms with Crippen LogP contribution in [-0.2, 0) is 22.6 Å². The zero-order valence-electron chi connectivity index (χ0n) is 19.9. The monoisotopic (exact) mass is 461 g/mol. The van der Waals surface area contributed by atoms with Crippen molar-refractivity contribution >= 4 is 17.9 Å². The van der Waals surface area contributed by atoms with Crippen LogP contribution in [0, 0.1) is 5.92 Å². The van der Waals surface area contributed by atoms with Crippen molar-refractivity contribution in [3.8, 4) is 0 Å². The fourth-order valence-electron chi connectivity index (χ4n) is 5.64. The van der Waals surface area contributed by atoms with Gasteiger partial charge in [0, 0.05) is 57.1 Å². The Morgan fingerprint density at radius 3 is 2.50 bits per heavy atom. The standard InChI is InChI=1S/C27H35N5O2/c33-25(13-12-21-8-3-1-4-9-21)30-18-14-22(15-19-30)27(34)31-16-7-10-23(20-31)26-29-28-24-11-5-2-6-17-32(24)26/h1,3-4,8-9,12-13,22-23H,2,5-7,10-11,14-20H2/b13-12+. The van der Waals surface area contributed by atoms with Gasteiger partial charge in [-0.3, -0.25) is 9.59 Å². The molecule has 7 nitrogen and oxygen atoms in total. The predicted octanol–water partition coefficient (Wildman–Crippen LogP) is 3.66. The van der Waals surface area contributed by atoms with Gasteiger partial charge >= 0.3 is 0 Å². The van der Waals surface area contributed by atoms with E-state index in [9.17, 15) is 9.59 Å². The quantitative estimate of drug-likeness (QED) is 0.652. The second-order valence-electron chi connectivity index (χ2n) is 9.90. The Hall–Kier alpha value is -2.96. The summed E-state index contributed by atoms with van der Waals surface area (Å²) in [6, 6.07) is 9.86. The van der Waals surface area contributed by atoms with Gasteiger partial charge in [-0.25, -0.2) is 0 Å². The van der Waals surface area contributed by atoms with Crippen molar-refractivity contribution in [2.24, 2.45) is 5.92 Å². The Morgan fingerprint density at radius 1 is 0.853 bits per heavy atom. The van der Waals surface area contributed by atoms with E-state index in [1.165, 1.54) is 19.3 Å². The molecule has 0 N–H and O–H groups in total. The molecule has 0 radical (unpaired) electrons. The number of hydrogen-bond donors (Lipinski definition) is 0. The Bertz CT molecular complexity index is 1020. The molecule has 2 aromatic rings. The second kappa shape index (κ2) is 10.5. The lowest BCUT2D eigenvalue weighted by Crippen LogP contribution is -2.47. The van der Waals surface area contributed by atoms with Crippen LogP contribution in [0.4, 0.5) is 0 Å². The van der Waals surface area contributed by atoms with Gasteiger partial charge in [0.15, 0.2) is 0 Å². The van der Waals surface area contributed by atoms with Gasteiger partial charge in [-0.05, 0) is 50.2 Å². The number of carbonyl (C=O) groups excluding carboxylic acids is 2. The molecule has 0 aliphatic carbocycles. The molecule has 3 aliphatic heterocycles. The number of rotatable bonds is 4. The third-order valence-corrected chi connectivity index (χ3v) is 7.61. The molecule has 2 fully saturated rings. The molecule has 34 heavy (non-hydrogen) atoms. The molecule has 180 valence electrons. The van der Waals surface area contributed by atoms with E-state index in [0.717, 1.165) is 69.0 Å². The highest BCUT2D eigenvalue weighted by Crippen LogP contribution is 2.30. The zero-order valence-corrected chi connectivity index (χ0v) is 19.9. The minimum absolute atomic E-state index is 0.0106. The van der Waals surface area contributed by atoms with Gasteiger partial charge < -0.3 is 14.4 Å². The number of carbonyl (C=O) groups is 2. The SMILES string of the molecule is O=C(/C=C/c1ccccc1)N1CCC(C(=O)N2CCCC(c3nnc4n3CCCCC4)C2)CC1. The summed E-state index contributed by atoms with van der Waals surface area (Å²) >= 11 is 0. The van der Waals surface area contributed by atoms with Crippen molar-refractivity contribution in [3.63, 3.8) is 0 Å². The van der Waals surface area contributed by atoms with E-state index in [4.69, 9.17) is 0 Å².